The minimum absolute atomic E-state index is 0.135. The third kappa shape index (κ3) is 3.25. The first-order chi connectivity index (χ1) is 8.70. The van der Waals surface area contributed by atoms with Gasteiger partial charge in [-0.3, -0.25) is 0 Å². The van der Waals surface area contributed by atoms with Crippen molar-refractivity contribution in [3.63, 3.8) is 0 Å². The molecular weight excluding hydrogens is 272 g/mol. The Balaban J connectivity index is 2.09. The predicted octanol–water partition coefficient (Wildman–Crippen LogP) is 3.00. The van der Waals surface area contributed by atoms with Crippen LogP contribution >= 0.6 is 23.4 Å². The van der Waals surface area contributed by atoms with Gasteiger partial charge in [-0.15, -0.1) is 22.0 Å². The van der Waals surface area contributed by atoms with E-state index in [1.54, 1.807) is 17.8 Å². The maximum Gasteiger partial charge on any atom is 0.249 e. The van der Waals surface area contributed by atoms with E-state index in [1.807, 2.05) is 25.1 Å². The molecule has 18 heavy (non-hydrogen) atoms. The lowest BCUT2D eigenvalue weighted by Gasteiger charge is -2.03. The average Bonchev–Trinajstić information content (AvgIpc) is 2.85. The van der Waals surface area contributed by atoms with Crippen LogP contribution in [0.5, 0.6) is 0 Å². The van der Waals surface area contributed by atoms with Gasteiger partial charge in [0.25, 0.3) is 0 Å². The van der Waals surface area contributed by atoms with Crippen LogP contribution in [0.15, 0.2) is 28.7 Å². The molecule has 1 N–H and O–H groups in total. The Kier molecular flexibility index (Phi) is 4.63. The van der Waals surface area contributed by atoms with Gasteiger partial charge in [0.15, 0.2) is 0 Å². The molecule has 4 nitrogen and oxygen atoms in total. The molecule has 2 aromatic rings. The fourth-order valence-corrected chi connectivity index (χ4v) is 2.19. The van der Waals surface area contributed by atoms with Crippen molar-refractivity contribution in [3.8, 4) is 11.5 Å². The number of nitrogens with zero attached hydrogens (tertiary/aromatic N) is 2. The van der Waals surface area contributed by atoms with Gasteiger partial charge in [0.2, 0.25) is 11.8 Å². The first-order valence-corrected chi connectivity index (χ1v) is 6.93. The molecule has 2 rings (SSSR count). The van der Waals surface area contributed by atoms with E-state index < -0.39 is 0 Å². The van der Waals surface area contributed by atoms with Crippen molar-refractivity contribution >= 4 is 23.4 Å². The van der Waals surface area contributed by atoms with Gasteiger partial charge in [0.1, 0.15) is 0 Å². The first-order valence-electron chi connectivity index (χ1n) is 5.50. The van der Waals surface area contributed by atoms with Crippen LogP contribution < -0.4 is 0 Å². The molecular formula is C12H13ClN2O2S. The summed E-state index contributed by atoms with van der Waals surface area (Å²) < 4.78 is 5.54. The number of aromatic nitrogens is 2. The number of hydrogen-bond donors (Lipinski definition) is 1. The van der Waals surface area contributed by atoms with Crippen LogP contribution in [0, 0.1) is 0 Å². The highest BCUT2D eigenvalue weighted by atomic mass is 35.5. The number of benzene rings is 1. The number of aliphatic hydroxyl groups excluding tert-OH is 1. The number of halogens is 1. The molecule has 1 unspecified atom stereocenters. The van der Waals surface area contributed by atoms with Crippen molar-refractivity contribution in [1.82, 2.24) is 10.2 Å². The molecule has 1 aromatic carbocycles. The average molecular weight is 285 g/mol. The monoisotopic (exact) mass is 284 g/mol. The van der Waals surface area contributed by atoms with Crippen LogP contribution in [-0.2, 0) is 5.75 Å². The molecule has 0 saturated heterocycles. The molecule has 0 saturated carbocycles. The van der Waals surface area contributed by atoms with Crippen molar-refractivity contribution in [3.05, 3.63) is 35.2 Å². The van der Waals surface area contributed by atoms with Crippen LogP contribution in [0.4, 0.5) is 0 Å². The van der Waals surface area contributed by atoms with Crippen LogP contribution in [0.25, 0.3) is 11.5 Å². The zero-order valence-electron chi connectivity index (χ0n) is 9.84. The summed E-state index contributed by atoms with van der Waals surface area (Å²) in [7, 11) is 0. The van der Waals surface area contributed by atoms with Crippen molar-refractivity contribution in [2.75, 3.05) is 6.61 Å². The van der Waals surface area contributed by atoms with Crippen LogP contribution in [-0.4, -0.2) is 27.2 Å². The molecule has 1 atom stereocenters. The van der Waals surface area contributed by atoms with E-state index in [1.165, 1.54) is 0 Å². The van der Waals surface area contributed by atoms with Gasteiger partial charge in [-0.25, -0.2) is 0 Å². The van der Waals surface area contributed by atoms with Gasteiger partial charge in [-0.2, -0.15) is 0 Å². The van der Waals surface area contributed by atoms with E-state index in [0.717, 1.165) is 5.56 Å². The molecule has 0 spiro atoms. The zero-order valence-corrected chi connectivity index (χ0v) is 11.4. The normalized spacial score (nSPS) is 12.6. The molecule has 0 aliphatic carbocycles. The van der Waals surface area contributed by atoms with Gasteiger partial charge >= 0.3 is 0 Å². The molecule has 6 heteroatoms. The molecule has 0 aliphatic heterocycles. The standard InChI is InChI=1S/C12H13ClN2O2S/c1-8(6-16)18-7-11-14-15-12(17-11)9-4-2-3-5-10(9)13/h2-5,8,16H,6-7H2,1H3. The van der Waals surface area contributed by atoms with Crippen molar-refractivity contribution < 1.29 is 9.52 Å². The lowest BCUT2D eigenvalue weighted by molar-refractivity contribution is 0.300. The summed E-state index contributed by atoms with van der Waals surface area (Å²) in [4.78, 5) is 0. The Morgan fingerprint density at radius 1 is 1.39 bits per heavy atom. The minimum Gasteiger partial charge on any atom is -0.420 e. The fraction of sp³-hybridized carbons (Fsp3) is 0.333. The summed E-state index contributed by atoms with van der Waals surface area (Å²) in [5.74, 6) is 1.54. The van der Waals surface area contributed by atoms with E-state index in [9.17, 15) is 0 Å². The molecule has 0 aliphatic rings. The van der Waals surface area contributed by atoms with Gasteiger partial charge in [-0.05, 0) is 12.1 Å². The molecule has 96 valence electrons. The summed E-state index contributed by atoms with van der Waals surface area (Å²) in [5, 5.41) is 17.6. The Morgan fingerprint density at radius 2 is 2.17 bits per heavy atom. The van der Waals surface area contributed by atoms with Gasteiger partial charge in [-0.1, -0.05) is 30.7 Å². The van der Waals surface area contributed by atoms with Crippen molar-refractivity contribution in [1.29, 1.82) is 0 Å². The van der Waals surface area contributed by atoms with E-state index in [-0.39, 0.29) is 11.9 Å². The summed E-state index contributed by atoms with van der Waals surface area (Å²) in [5.41, 5.74) is 0.734. The lowest BCUT2D eigenvalue weighted by atomic mass is 10.2. The second-order valence-electron chi connectivity index (χ2n) is 3.78. The number of hydrogen-bond acceptors (Lipinski definition) is 5. The summed E-state index contributed by atoms with van der Waals surface area (Å²) in [6.45, 7) is 2.08. The number of thioether (sulfide) groups is 1. The quantitative estimate of drug-likeness (QED) is 0.914. The van der Waals surface area contributed by atoms with Crippen LogP contribution in [0.2, 0.25) is 5.02 Å². The minimum atomic E-state index is 0.135. The lowest BCUT2D eigenvalue weighted by Crippen LogP contribution is -2.02. The highest BCUT2D eigenvalue weighted by molar-refractivity contribution is 7.99. The summed E-state index contributed by atoms with van der Waals surface area (Å²) in [6, 6.07) is 7.34. The van der Waals surface area contributed by atoms with Gasteiger partial charge < -0.3 is 9.52 Å². The molecule has 0 radical (unpaired) electrons. The summed E-state index contributed by atoms with van der Waals surface area (Å²) >= 11 is 7.61. The Labute approximate surface area is 114 Å². The van der Waals surface area contributed by atoms with E-state index in [2.05, 4.69) is 10.2 Å². The second kappa shape index (κ2) is 6.22. The smallest absolute Gasteiger partial charge is 0.249 e. The largest absolute Gasteiger partial charge is 0.420 e. The van der Waals surface area contributed by atoms with Crippen molar-refractivity contribution in [2.45, 2.75) is 17.9 Å². The molecule has 0 bridgehead atoms. The molecule has 1 aromatic heterocycles. The van der Waals surface area contributed by atoms with Crippen LogP contribution in [0.1, 0.15) is 12.8 Å². The Hall–Kier alpha value is -1.04. The van der Waals surface area contributed by atoms with E-state index in [4.69, 9.17) is 21.1 Å². The molecule has 0 fully saturated rings. The molecule has 0 amide bonds. The zero-order chi connectivity index (χ0) is 13.0. The Bertz CT molecular complexity index is 518. The predicted molar refractivity (Wildman–Crippen MR) is 72.6 cm³/mol. The van der Waals surface area contributed by atoms with Gasteiger partial charge in [0.05, 0.1) is 22.9 Å². The SMILES string of the molecule is CC(CO)SCc1nnc(-c2ccccc2Cl)o1. The first kappa shape index (κ1) is 13.4. The highest BCUT2D eigenvalue weighted by Crippen LogP contribution is 2.27. The van der Waals surface area contributed by atoms with Gasteiger partial charge in [0, 0.05) is 5.25 Å². The maximum atomic E-state index is 8.93. The second-order valence-corrected chi connectivity index (χ2v) is 5.62. The third-order valence-electron chi connectivity index (χ3n) is 2.32. The topological polar surface area (TPSA) is 59.2 Å². The maximum absolute atomic E-state index is 8.93. The number of rotatable bonds is 5. The molecule has 1 heterocycles. The highest BCUT2D eigenvalue weighted by Gasteiger charge is 2.12. The fourth-order valence-electron chi connectivity index (χ4n) is 1.32. The summed E-state index contributed by atoms with van der Waals surface area (Å²) in [6.07, 6.45) is 0. The Morgan fingerprint density at radius 3 is 2.89 bits per heavy atom. The van der Waals surface area contributed by atoms with E-state index in [0.29, 0.717) is 22.6 Å². The number of aliphatic hydroxyl groups is 1. The van der Waals surface area contributed by atoms with Crippen molar-refractivity contribution in [2.24, 2.45) is 0 Å². The third-order valence-corrected chi connectivity index (χ3v) is 3.78. The van der Waals surface area contributed by atoms with Crippen LogP contribution in [0.3, 0.4) is 0 Å². The van der Waals surface area contributed by atoms with E-state index >= 15 is 0 Å².